The van der Waals surface area contributed by atoms with Crippen molar-refractivity contribution in [3.63, 3.8) is 0 Å². The van der Waals surface area contributed by atoms with E-state index in [4.69, 9.17) is 27.9 Å². The zero-order valence-electron chi connectivity index (χ0n) is 13.2. The number of hydrogen-bond acceptors (Lipinski definition) is 4. The largest absolute Gasteiger partial charge is 0.497 e. The van der Waals surface area contributed by atoms with Gasteiger partial charge in [-0.15, -0.1) is 11.3 Å². The first-order chi connectivity index (χ1) is 12.1. The van der Waals surface area contributed by atoms with Crippen LogP contribution in [0.4, 0.5) is 0 Å². The molecule has 0 spiro atoms. The number of thiazole rings is 1. The average Bonchev–Trinajstić information content (AvgIpc) is 3.09. The second-order valence-electron chi connectivity index (χ2n) is 5.11. The molecular weight excluding hydrogens is 375 g/mol. The lowest BCUT2D eigenvalue weighted by molar-refractivity contribution is 0.415. The Balaban J connectivity index is 1.93. The first kappa shape index (κ1) is 17.5. The van der Waals surface area contributed by atoms with Gasteiger partial charge in [-0.25, -0.2) is 4.98 Å². The molecular formula is C19H12Cl2N2OS. The standard InChI is InChI=1S/C19H12Cl2N2OS/c1-24-15-5-2-12(3-6-15)8-13(10-22)19-23-18(11-25-19)16-7-4-14(20)9-17(16)21/h2-9,11H,1H3/b13-8-. The van der Waals surface area contributed by atoms with Crippen LogP contribution in [0.3, 0.4) is 0 Å². The van der Waals surface area contributed by atoms with Crippen molar-refractivity contribution in [3.05, 3.63) is 68.5 Å². The summed E-state index contributed by atoms with van der Waals surface area (Å²) in [6.07, 6.45) is 1.80. The predicted octanol–water partition coefficient (Wildman–Crippen LogP) is 6.19. The van der Waals surface area contributed by atoms with Gasteiger partial charge < -0.3 is 4.74 Å². The molecule has 0 saturated carbocycles. The smallest absolute Gasteiger partial charge is 0.134 e. The molecule has 3 aromatic rings. The summed E-state index contributed by atoms with van der Waals surface area (Å²) in [6.45, 7) is 0. The molecule has 124 valence electrons. The molecule has 0 radical (unpaired) electrons. The van der Waals surface area contributed by atoms with Gasteiger partial charge in [0.05, 0.1) is 23.4 Å². The van der Waals surface area contributed by atoms with E-state index in [2.05, 4.69) is 11.1 Å². The molecule has 0 aliphatic carbocycles. The van der Waals surface area contributed by atoms with E-state index in [-0.39, 0.29) is 0 Å². The van der Waals surface area contributed by atoms with Crippen LogP contribution in [-0.4, -0.2) is 12.1 Å². The summed E-state index contributed by atoms with van der Waals surface area (Å²) in [7, 11) is 1.62. The third-order valence-electron chi connectivity index (χ3n) is 3.49. The second-order valence-corrected chi connectivity index (χ2v) is 6.81. The van der Waals surface area contributed by atoms with Crippen molar-refractivity contribution in [3.8, 4) is 23.1 Å². The van der Waals surface area contributed by atoms with E-state index in [1.165, 1.54) is 11.3 Å². The Bertz CT molecular complexity index is 972. The SMILES string of the molecule is COc1ccc(/C=C(/C#N)c2nc(-c3ccc(Cl)cc3Cl)cs2)cc1. The second kappa shape index (κ2) is 7.71. The number of benzene rings is 2. The van der Waals surface area contributed by atoms with E-state index in [0.29, 0.717) is 20.6 Å². The average molecular weight is 387 g/mol. The van der Waals surface area contributed by atoms with Crippen LogP contribution in [0.1, 0.15) is 10.6 Å². The minimum absolute atomic E-state index is 0.492. The number of nitriles is 1. The van der Waals surface area contributed by atoms with E-state index in [0.717, 1.165) is 22.6 Å². The zero-order chi connectivity index (χ0) is 17.8. The van der Waals surface area contributed by atoms with Gasteiger partial charge in [0.15, 0.2) is 0 Å². The fourth-order valence-electron chi connectivity index (χ4n) is 2.23. The Hall–Kier alpha value is -2.32. The van der Waals surface area contributed by atoms with Gasteiger partial charge in [-0.05, 0) is 42.0 Å². The van der Waals surface area contributed by atoms with Crippen molar-refractivity contribution in [2.75, 3.05) is 7.11 Å². The van der Waals surface area contributed by atoms with Crippen molar-refractivity contribution >= 4 is 46.2 Å². The summed E-state index contributed by atoms with van der Waals surface area (Å²) in [5.74, 6) is 0.768. The third kappa shape index (κ3) is 4.02. The van der Waals surface area contributed by atoms with E-state index in [9.17, 15) is 5.26 Å². The summed E-state index contributed by atoms with van der Waals surface area (Å²) < 4.78 is 5.14. The van der Waals surface area contributed by atoms with Crippen molar-refractivity contribution in [2.24, 2.45) is 0 Å². The summed E-state index contributed by atoms with van der Waals surface area (Å²) in [5.41, 5.74) is 2.90. The van der Waals surface area contributed by atoms with Gasteiger partial charge in [-0.1, -0.05) is 35.3 Å². The number of hydrogen-bond donors (Lipinski definition) is 0. The maximum Gasteiger partial charge on any atom is 0.134 e. The number of aromatic nitrogens is 1. The van der Waals surface area contributed by atoms with E-state index in [1.807, 2.05) is 35.7 Å². The first-order valence-corrected chi connectivity index (χ1v) is 8.91. The van der Waals surface area contributed by atoms with Gasteiger partial charge >= 0.3 is 0 Å². The first-order valence-electron chi connectivity index (χ1n) is 7.28. The topological polar surface area (TPSA) is 45.9 Å². The van der Waals surface area contributed by atoms with Crippen LogP contribution in [0.25, 0.3) is 22.9 Å². The molecule has 0 amide bonds. The summed E-state index contributed by atoms with van der Waals surface area (Å²) in [6, 6.07) is 14.9. The monoisotopic (exact) mass is 386 g/mol. The van der Waals surface area contributed by atoms with Gasteiger partial charge in [-0.3, -0.25) is 0 Å². The molecule has 2 aromatic carbocycles. The molecule has 0 bridgehead atoms. The summed E-state index contributed by atoms with van der Waals surface area (Å²) >= 11 is 13.6. The molecule has 1 aromatic heterocycles. The number of halogens is 2. The Morgan fingerprint density at radius 2 is 1.96 bits per heavy atom. The molecule has 0 aliphatic rings. The van der Waals surface area contributed by atoms with E-state index < -0.39 is 0 Å². The molecule has 0 N–H and O–H groups in total. The summed E-state index contributed by atoms with van der Waals surface area (Å²) in [4.78, 5) is 4.55. The Morgan fingerprint density at radius 1 is 1.20 bits per heavy atom. The van der Waals surface area contributed by atoms with Crippen LogP contribution in [0.2, 0.25) is 10.0 Å². The number of methoxy groups -OCH3 is 1. The van der Waals surface area contributed by atoms with Crippen LogP contribution in [0.15, 0.2) is 47.8 Å². The van der Waals surface area contributed by atoms with Crippen LogP contribution >= 0.6 is 34.5 Å². The molecule has 6 heteroatoms. The van der Waals surface area contributed by atoms with E-state index >= 15 is 0 Å². The lowest BCUT2D eigenvalue weighted by Gasteiger charge is -2.01. The van der Waals surface area contributed by atoms with Gasteiger partial charge in [-0.2, -0.15) is 5.26 Å². The maximum atomic E-state index is 9.49. The fraction of sp³-hybridized carbons (Fsp3) is 0.0526. The quantitative estimate of drug-likeness (QED) is 0.502. The molecule has 25 heavy (non-hydrogen) atoms. The highest BCUT2D eigenvalue weighted by molar-refractivity contribution is 7.11. The van der Waals surface area contributed by atoms with Crippen LogP contribution < -0.4 is 4.74 Å². The molecule has 3 rings (SSSR count). The fourth-order valence-corrected chi connectivity index (χ4v) is 3.52. The molecule has 0 atom stereocenters. The lowest BCUT2D eigenvalue weighted by atomic mass is 10.1. The van der Waals surface area contributed by atoms with Gasteiger partial charge in [0.25, 0.3) is 0 Å². The molecule has 0 aliphatic heterocycles. The molecule has 0 saturated heterocycles. The maximum absolute atomic E-state index is 9.49. The predicted molar refractivity (Wildman–Crippen MR) is 104 cm³/mol. The Morgan fingerprint density at radius 3 is 2.60 bits per heavy atom. The minimum atomic E-state index is 0.492. The molecule has 1 heterocycles. The summed E-state index contributed by atoms with van der Waals surface area (Å²) in [5, 5.41) is 13.1. The zero-order valence-corrected chi connectivity index (χ0v) is 15.5. The normalized spacial score (nSPS) is 11.2. The van der Waals surface area contributed by atoms with Gasteiger partial charge in [0.2, 0.25) is 0 Å². The molecule has 0 unspecified atom stereocenters. The van der Waals surface area contributed by atoms with Crippen molar-refractivity contribution in [1.29, 1.82) is 5.26 Å². The van der Waals surface area contributed by atoms with Crippen LogP contribution in [-0.2, 0) is 0 Å². The van der Waals surface area contributed by atoms with Gasteiger partial charge in [0.1, 0.15) is 16.8 Å². The van der Waals surface area contributed by atoms with Crippen LogP contribution in [0, 0.1) is 11.3 Å². The number of rotatable bonds is 4. The third-order valence-corrected chi connectivity index (χ3v) is 4.91. The number of ether oxygens (including phenoxy) is 1. The highest BCUT2D eigenvalue weighted by atomic mass is 35.5. The van der Waals surface area contributed by atoms with Crippen molar-refractivity contribution in [1.82, 2.24) is 4.98 Å². The van der Waals surface area contributed by atoms with Crippen molar-refractivity contribution < 1.29 is 4.74 Å². The lowest BCUT2D eigenvalue weighted by Crippen LogP contribution is -1.85. The number of allylic oxidation sites excluding steroid dienone is 1. The van der Waals surface area contributed by atoms with Gasteiger partial charge in [0, 0.05) is 16.0 Å². The van der Waals surface area contributed by atoms with Crippen LogP contribution in [0.5, 0.6) is 5.75 Å². The Kier molecular flexibility index (Phi) is 5.40. The Labute approximate surface area is 159 Å². The number of nitrogens with zero attached hydrogens (tertiary/aromatic N) is 2. The molecule has 0 fully saturated rings. The highest BCUT2D eigenvalue weighted by Crippen LogP contribution is 2.33. The van der Waals surface area contributed by atoms with Crippen molar-refractivity contribution in [2.45, 2.75) is 0 Å². The van der Waals surface area contributed by atoms with E-state index in [1.54, 1.807) is 25.3 Å². The highest BCUT2D eigenvalue weighted by Gasteiger charge is 2.12. The molecule has 3 nitrogen and oxygen atoms in total. The minimum Gasteiger partial charge on any atom is -0.497 e.